The van der Waals surface area contributed by atoms with Crippen LogP contribution in [0.15, 0.2) is 0 Å². The minimum Gasteiger partial charge on any atom is -1.00 e. The summed E-state index contributed by atoms with van der Waals surface area (Å²) in [6.07, 6.45) is 9.77. The number of hydrogen-bond acceptors (Lipinski definition) is 3. The van der Waals surface area contributed by atoms with Gasteiger partial charge in [-0.3, -0.25) is 4.79 Å². The topological polar surface area (TPSA) is 86.6 Å². The summed E-state index contributed by atoms with van der Waals surface area (Å²) in [5.74, 6) is -1.50. The van der Waals surface area contributed by atoms with Crippen LogP contribution in [0.5, 0.6) is 0 Å². The van der Waals surface area contributed by atoms with Crippen molar-refractivity contribution in [3.8, 4) is 0 Å². The van der Waals surface area contributed by atoms with Crippen LogP contribution >= 0.6 is 0 Å². The molecule has 1 amide bonds. The van der Waals surface area contributed by atoms with Crippen molar-refractivity contribution >= 4 is 11.9 Å². The zero-order chi connectivity index (χ0) is 16.1. The molecule has 22 heavy (non-hydrogen) atoms. The van der Waals surface area contributed by atoms with Crippen molar-refractivity contribution in [1.29, 1.82) is 0 Å². The number of carboxylic acid groups (broad SMARTS) is 1. The van der Waals surface area contributed by atoms with Crippen LogP contribution in [0, 0.1) is 0 Å². The van der Waals surface area contributed by atoms with Crippen LogP contribution in [0.25, 0.3) is 0 Å². The number of aliphatic hydroxyl groups excluding tert-OH is 1. The van der Waals surface area contributed by atoms with E-state index in [1.165, 1.54) is 45.4 Å². The summed E-state index contributed by atoms with van der Waals surface area (Å²) in [4.78, 5) is 22.4. The fourth-order valence-electron chi connectivity index (χ4n) is 2.23. The van der Waals surface area contributed by atoms with Crippen molar-refractivity contribution in [3.05, 3.63) is 0 Å². The Hall–Kier alpha value is -0.100. The van der Waals surface area contributed by atoms with Gasteiger partial charge in [-0.2, -0.15) is 0 Å². The molecule has 0 aliphatic carbocycles. The van der Waals surface area contributed by atoms with E-state index in [1.54, 1.807) is 0 Å². The molecular weight excluding hydrogens is 293 g/mol. The predicted molar refractivity (Wildman–Crippen MR) is 84.2 cm³/mol. The molecule has 3 N–H and O–H groups in total. The SMILES string of the molecule is CCCCCCCCCCCC(=O)NC(C(=O)O)C(C)O.[H-].[Na+]. The van der Waals surface area contributed by atoms with Gasteiger partial charge in [0.2, 0.25) is 5.91 Å². The van der Waals surface area contributed by atoms with E-state index < -0.39 is 18.1 Å². The molecule has 0 bridgehead atoms. The molecule has 0 aliphatic rings. The van der Waals surface area contributed by atoms with E-state index >= 15 is 0 Å². The first-order chi connectivity index (χ1) is 9.99. The van der Waals surface area contributed by atoms with Crippen molar-refractivity contribution in [2.45, 2.75) is 90.2 Å². The van der Waals surface area contributed by atoms with Crippen molar-refractivity contribution in [3.63, 3.8) is 0 Å². The zero-order valence-electron chi connectivity index (χ0n) is 15.4. The standard InChI is InChI=1S/C16H31NO4.Na.H/c1-3-4-5-6-7-8-9-10-11-12-14(19)17-15(13(2)18)16(20)21;;/h13,15,18H,3-12H2,1-2H3,(H,17,19)(H,20,21);;/q;+1;-1. The van der Waals surface area contributed by atoms with Gasteiger partial charge >= 0.3 is 35.5 Å². The molecule has 0 aromatic heterocycles. The van der Waals surface area contributed by atoms with Crippen molar-refractivity contribution in [1.82, 2.24) is 5.32 Å². The summed E-state index contributed by atoms with van der Waals surface area (Å²) in [6, 6.07) is -1.21. The fourth-order valence-corrected chi connectivity index (χ4v) is 2.23. The van der Waals surface area contributed by atoms with Gasteiger partial charge in [-0.25, -0.2) is 4.79 Å². The third-order valence-corrected chi connectivity index (χ3v) is 3.57. The van der Waals surface area contributed by atoms with E-state index in [0.717, 1.165) is 19.3 Å². The molecule has 0 aliphatic heterocycles. The second-order valence-corrected chi connectivity index (χ2v) is 5.70. The Morgan fingerprint density at radius 3 is 1.86 bits per heavy atom. The Bertz CT molecular complexity index is 304. The van der Waals surface area contributed by atoms with Gasteiger partial charge in [0.15, 0.2) is 6.04 Å². The third kappa shape index (κ3) is 13.6. The number of carbonyl (C=O) groups excluding carboxylic acids is 1. The summed E-state index contributed by atoms with van der Waals surface area (Å²) < 4.78 is 0. The van der Waals surface area contributed by atoms with Crippen molar-refractivity contribution in [2.24, 2.45) is 0 Å². The number of aliphatic hydroxyl groups is 1. The summed E-state index contributed by atoms with van der Waals surface area (Å²) in [5, 5.41) is 20.5. The van der Waals surface area contributed by atoms with E-state index in [0.29, 0.717) is 6.42 Å². The maximum atomic E-state index is 11.6. The van der Waals surface area contributed by atoms with Gasteiger partial charge in [-0.1, -0.05) is 58.3 Å². The number of carboxylic acids is 1. The molecule has 0 aromatic carbocycles. The van der Waals surface area contributed by atoms with Gasteiger partial charge in [-0.15, -0.1) is 0 Å². The Morgan fingerprint density at radius 1 is 1.00 bits per heavy atom. The number of amides is 1. The molecule has 0 saturated heterocycles. The van der Waals surface area contributed by atoms with E-state index in [-0.39, 0.29) is 36.9 Å². The van der Waals surface area contributed by atoms with E-state index in [4.69, 9.17) is 5.11 Å². The Morgan fingerprint density at radius 2 is 1.45 bits per heavy atom. The maximum Gasteiger partial charge on any atom is 1.00 e. The van der Waals surface area contributed by atoms with Crippen LogP contribution in [0.4, 0.5) is 0 Å². The second kappa shape index (κ2) is 15.8. The Balaban J connectivity index is -0.00000200. The molecule has 0 heterocycles. The molecule has 0 saturated carbocycles. The smallest absolute Gasteiger partial charge is 1.00 e. The molecule has 0 spiro atoms. The van der Waals surface area contributed by atoms with Crippen LogP contribution in [-0.4, -0.2) is 34.2 Å². The number of nitrogens with one attached hydrogen (secondary N) is 1. The number of hydrogen-bond donors (Lipinski definition) is 3. The van der Waals surface area contributed by atoms with Crippen LogP contribution in [0.2, 0.25) is 0 Å². The fraction of sp³-hybridized carbons (Fsp3) is 0.875. The number of carbonyl (C=O) groups is 2. The summed E-state index contributed by atoms with van der Waals surface area (Å²) in [5.41, 5.74) is 0. The van der Waals surface area contributed by atoms with Gasteiger partial charge in [0.05, 0.1) is 6.10 Å². The first kappa shape index (κ1) is 24.2. The molecule has 6 heteroatoms. The zero-order valence-corrected chi connectivity index (χ0v) is 16.4. The minimum atomic E-state index is -1.21. The van der Waals surface area contributed by atoms with Crippen molar-refractivity contribution < 1.29 is 50.8 Å². The molecule has 5 nitrogen and oxygen atoms in total. The molecule has 2 unspecified atom stereocenters. The Labute approximate surface area is 158 Å². The van der Waals surface area contributed by atoms with Gasteiger partial charge in [0, 0.05) is 6.42 Å². The van der Waals surface area contributed by atoms with Crippen LogP contribution in [0.1, 0.15) is 79.5 Å². The van der Waals surface area contributed by atoms with Gasteiger partial charge < -0.3 is 17.0 Å². The third-order valence-electron chi connectivity index (χ3n) is 3.57. The molecule has 0 fully saturated rings. The normalized spacial score (nSPS) is 13.0. The quantitative estimate of drug-likeness (QED) is 0.328. The minimum absolute atomic E-state index is 0. The van der Waals surface area contributed by atoms with E-state index in [1.807, 2.05) is 0 Å². The molecule has 2 atom stereocenters. The largest absolute Gasteiger partial charge is 1.00 e. The van der Waals surface area contributed by atoms with E-state index in [2.05, 4.69) is 12.2 Å². The average Bonchev–Trinajstić information content (AvgIpc) is 2.42. The Kier molecular flexibility index (Phi) is 17.3. The maximum absolute atomic E-state index is 11.6. The molecule has 0 rings (SSSR count). The summed E-state index contributed by atoms with van der Waals surface area (Å²) in [7, 11) is 0. The van der Waals surface area contributed by atoms with Gasteiger partial charge in [0.1, 0.15) is 0 Å². The van der Waals surface area contributed by atoms with E-state index in [9.17, 15) is 14.7 Å². The first-order valence-corrected chi connectivity index (χ1v) is 8.19. The predicted octanol–water partition coefficient (Wildman–Crippen LogP) is -0.0260. The summed E-state index contributed by atoms with van der Waals surface area (Å²) in [6.45, 7) is 3.56. The van der Waals surface area contributed by atoms with Crippen LogP contribution in [-0.2, 0) is 9.59 Å². The second-order valence-electron chi connectivity index (χ2n) is 5.70. The van der Waals surface area contributed by atoms with Crippen LogP contribution in [0.3, 0.4) is 0 Å². The monoisotopic (exact) mass is 325 g/mol. The molecular formula is C16H32NNaO4. The van der Waals surface area contributed by atoms with Crippen molar-refractivity contribution in [2.75, 3.05) is 0 Å². The first-order valence-electron chi connectivity index (χ1n) is 8.19. The number of rotatable bonds is 13. The van der Waals surface area contributed by atoms with Crippen LogP contribution < -0.4 is 34.9 Å². The van der Waals surface area contributed by atoms with Gasteiger partial charge in [-0.05, 0) is 13.3 Å². The average molecular weight is 325 g/mol. The number of aliphatic carboxylic acids is 1. The number of unbranched alkanes of at least 4 members (excludes halogenated alkanes) is 8. The molecule has 126 valence electrons. The molecule has 0 aromatic rings. The molecule has 0 radical (unpaired) electrons. The summed E-state index contributed by atoms with van der Waals surface area (Å²) >= 11 is 0. The van der Waals surface area contributed by atoms with Gasteiger partial charge in [0.25, 0.3) is 0 Å².